The number of hydrogen-bond acceptors (Lipinski definition) is 5. The second kappa shape index (κ2) is 12.5. The monoisotopic (exact) mass is 432 g/mol. The number of ether oxygens (including phenoxy) is 3. The van der Waals surface area contributed by atoms with E-state index in [0.29, 0.717) is 48.4 Å². The number of carbonyl (C=O) groups is 2. The molecule has 8 heteroatoms. The lowest BCUT2D eigenvalue weighted by molar-refractivity contribution is -0.118. The highest BCUT2D eigenvalue weighted by molar-refractivity contribution is 5.95. The lowest BCUT2D eigenvalue weighted by Gasteiger charge is -2.13. The summed E-state index contributed by atoms with van der Waals surface area (Å²) in [7, 11) is 1.45. The second-order valence-electron chi connectivity index (χ2n) is 7.29. The first-order valence-corrected chi connectivity index (χ1v) is 10.1. The molecule has 2 N–H and O–H groups in total. The van der Waals surface area contributed by atoms with Gasteiger partial charge < -0.3 is 24.8 Å². The number of rotatable bonds is 12. The van der Waals surface area contributed by atoms with Crippen molar-refractivity contribution in [2.24, 2.45) is 5.92 Å². The first-order chi connectivity index (χ1) is 14.9. The quantitative estimate of drug-likeness (QED) is 0.500. The summed E-state index contributed by atoms with van der Waals surface area (Å²) < 4.78 is 29.2. The van der Waals surface area contributed by atoms with Crippen LogP contribution in [-0.2, 0) is 9.53 Å². The van der Waals surface area contributed by atoms with E-state index in [-0.39, 0.29) is 18.3 Å². The molecule has 2 aromatic carbocycles. The van der Waals surface area contributed by atoms with Crippen molar-refractivity contribution >= 4 is 17.5 Å². The van der Waals surface area contributed by atoms with Crippen molar-refractivity contribution in [2.45, 2.75) is 20.3 Å². The Bertz CT molecular complexity index is 856. The minimum atomic E-state index is -0.407. The number of nitrogens with one attached hydrogen (secondary N) is 2. The molecule has 0 radical (unpaired) electrons. The van der Waals surface area contributed by atoms with Crippen LogP contribution in [0.25, 0.3) is 0 Å². The van der Waals surface area contributed by atoms with Crippen molar-refractivity contribution in [3.63, 3.8) is 0 Å². The molecule has 0 saturated heterocycles. The summed E-state index contributed by atoms with van der Waals surface area (Å²) in [4.78, 5) is 24.4. The van der Waals surface area contributed by atoms with E-state index in [1.807, 2.05) is 0 Å². The molecule has 0 fully saturated rings. The number of hydrogen-bond donors (Lipinski definition) is 2. The Hall–Kier alpha value is -3.13. The molecule has 0 spiro atoms. The molecule has 0 aliphatic carbocycles. The van der Waals surface area contributed by atoms with Gasteiger partial charge in [0.25, 0.3) is 11.8 Å². The number of carbonyl (C=O) groups excluding carboxylic acids is 2. The van der Waals surface area contributed by atoms with Gasteiger partial charge in [0.2, 0.25) is 0 Å². The van der Waals surface area contributed by atoms with E-state index in [1.54, 1.807) is 18.2 Å². The number of halogens is 1. The summed E-state index contributed by atoms with van der Waals surface area (Å²) >= 11 is 0. The summed E-state index contributed by atoms with van der Waals surface area (Å²) in [5.74, 6) is 0.121. The molecular formula is C23H29FN2O5. The Kier molecular flexibility index (Phi) is 9.77. The molecule has 0 aromatic heterocycles. The highest BCUT2D eigenvalue weighted by Gasteiger charge is 2.12. The lowest BCUT2D eigenvalue weighted by Crippen LogP contribution is -2.25. The summed E-state index contributed by atoms with van der Waals surface area (Å²) in [5, 5.41) is 5.44. The average molecular weight is 432 g/mol. The van der Waals surface area contributed by atoms with Crippen LogP contribution in [0.15, 0.2) is 42.5 Å². The van der Waals surface area contributed by atoms with Crippen LogP contribution >= 0.6 is 0 Å². The number of benzene rings is 2. The van der Waals surface area contributed by atoms with Gasteiger partial charge in [-0.05, 0) is 54.8 Å². The lowest BCUT2D eigenvalue weighted by atomic mass is 10.2. The Morgan fingerprint density at radius 3 is 2.48 bits per heavy atom. The van der Waals surface area contributed by atoms with E-state index in [2.05, 4.69) is 24.5 Å². The van der Waals surface area contributed by atoms with Crippen LogP contribution in [-0.4, -0.2) is 45.3 Å². The molecule has 0 saturated carbocycles. The van der Waals surface area contributed by atoms with E-state index in [9.17, 15) is 14.0 Å². The van der Waals surface area contributed by atoms with Crippen LogP contribution in [0.1, 0.15) is 30.6 Å². The van der Waals surface area contributed by atoms with Crippen molar-refractivity contribution in [2.75, 3.05) is 38.8 Å². The predicted molar refractivity (Wildman–Crippen MR) is 116 cm³/mol. The van der Waals surface area contributed by atoms with Crippen LogP contribution in [0.3, 0.4) is 0 Å². The van der Waals surface area contributed by atoms with Gasteiger partial charge in [-0.2, -0.15) is 0 Å². The average Bonchev–Trinajstić information content (AvgIpc) is 2.75. The molecule has 0 unspecified atom stereocenters. The Labute approximate surface area is 181 Å². The second-order valence-corrected chi connectivity index (χ2v) is 7.29. The molecule has 2 rings (SSSR count). The molecule has 0 aliphatic heterocycles. The fourth-order valence-electron chi connectivity index (χ4n) is 2.60. The van der Waals surface area contributed by atoms with Crippen LogP contribution in [0.4, 0.5) is 10.1 Å². The normalized spacial score (nSPS) is 10.6. The molecule has 7 nitrogen and oxygen atoms in total. The minimum absolute atomic E-state index is 0.234. The smallest absolute Gasteiger partial charge is 0.262 e. The fourth-order valence-corrected chi connectivity index (χ4v) is 2.60. The summed E-state index contributed by atoms with van der Waals surface area (Å²) in [5.41, 5.74) is 0.881. The maximum Gasteiger partial charge on any atom is 0.262 e. The number of amides is 2. The number of anilines is 1. The van der Waals surface area contributed by atoms with Gasteiger partial charge in [-0.25, -0.2) is 4.39 Å². The molecule has 0 bridgehead atoms. The molecule has 31 heavy (non-hydrogen) atoms. The fraction of sp³-hybridized carbons (Fsp3) is 0.391. The number of methoxy groups -OCH3 is 1. The minimum Gasteiger partial charge on any atom is -0.493 e. The molecule has 0 heterocycles. The molecule has 2 amide bonds. The van der Waals surface area contributed by atoms with Gasteiger partial charge in [0, 0.05) is 31.0 Å². The van der Waals surface area contributed by atoms with Gasteiger partial charge in [0.05, 0.1) is 7.11 Å². The van der Waals surface area contributed by atoms with Crippen molar-refractivity contribution in [3.8, 4) is 11.5 Å². The topological polar surface area (TPSA) is 85.9 Å². The highest BCUT2D eigenvalue weighted by atomic mass is 19.1. The van der Waals surface area contributed by atoms with Gasteiger partial charge in [-0.1, -0.05) is 13.8 Å². The Morgan fingerprint density at radius 1 is 1.06 bits per heavy atom. The summed E-state index contributed by atoms with van der Waals surface area (Å²) in [6.07, 6.45) is 0.722. The van der Waals surface area contributed by atoms with Crippen molar-refractivity contribution < 1.29 is 28.2 Å². The zero-order chi connectivity index (χ0) is 22.6. The first-order valence-electron chi connectivity index (χ1n) is 10.1. The summed E-state index contributed by atoms with van der Waals surface area (Å²) in [6.45, 7) is 5.70. The summed E-state index contributed by atoms with van der Waals surface area (Å²) in [6, 6.07) is 10.1. The standard InChI is InChI=1S/C23H29FN2O5/c1-16(2)14-30-12-4-11-25-23(28)17-5-10-20(21(13-17)29-3)31-15-22(27)26-19-8-6-18(24)7-9-19/h5-10,13,16H,4,11-12,14-15H2,1-3H3,(H,25,28)(H,26,27). The van der Waals surface area contributed by atoms with Crippen LogP contribution < -0.4 is 20.1 Å². The highest BCUT2D eigenvalue weighted by Crippen LogP contribution is 2.28. The Morgan fingerprint density at radius 2 is 1.81 bits per heavy atom. The van der Waals surface area contributed by atoms with Crippen molar-refractivity contribution in [1.29, 1.82) is 0 Å². The molecular weight excluding hydrogens is 403 g/mol. The third-order valence-electron chi connectivity index (χ3n) is 4.11. The van der Waals surface area contributed by atoms with Gasteiger partial charge in [-0.15, -0.1) is 0 Å². The molecule has 168 valence electrons. The van der Waals surface area contributed by atoms with E-state index in [1.165, 1.54) is 31.4 Å². The zero-order valence-corrected chi connectivity index (χ0v) is 18.1. The van der Waals surface area contributed by atoms with Gasteiger partial charge in [0.15, 0.2) is 18.1 Å². The Balaban J connectivity index is 1.82. The predicted octanol–water partition coefficient (Wildman–Crippen LogP) is 3.64. The third-order valence-corrected chi connectivity index (χ3v) is 4.11. The largest absolute Gasteiger partial charge is 0.493 e. The third kappa shape index (κ3) is 8.64. The van der Waals surface area contributed by atoms with E-state index >= 15 is 0 Å². The van der Waals surface area contributed by atoms with Crippen molar-refractivity contribution in [3.05, 3.63) is 53.8 Å². The van der Waals surface area contributed by atoms with Crippen molar-refractivity contribution in [1.82, 2.24) is 5.32 Å². The van der Waals surface area contributed by atoms with E-state index in [0.717, 1.165) is 6.42 Å². The van der Waals surface area contributed by atoms with Gasteiger partial charge >= 0.3 is 0 Å². The van der Waals surface area contributed by atoms with Crippen LogP contribution in [0.2, 0.25) is 0 Å². The molecule has 0 aliphatic rings. The maximum atomic E-state index is 12.9. The van der Waals surface area contributed by atoms with Gasteiger partial charge in [0.1, 0.15) is 5.82 Å². The zero-order valence-electron chi connectivity index (χ0n) is 18.1. The van der Waals surface area contributed by atoms with Crippen LogP contribution in [0, 0.1) is 11.7 Å². The first kappa shape index (κ1) is 24.1. The maximum absolute atomic E-state index is 12.9. The SMILES string of the molecule is COc1cc(C(=O)NCCCOCC(C)C)ccc1OCC(=O)Nc1ccc(F)cc1. The molecule has 0 atom stereocenters. The van der Waals surface area contributed by atoms with Crippen LogP contribution in [0.5, 0.6) is 11.5 Å². The molecule has 2 aromatic rings. The van der Waals surface area contributed by atoms with Gasteiger partial charge in [-0.3, -0.25) is 9.59 Å². The van der Waals surface area contributed by atoms with E-state index in [4.69, 9.17) is 14.2 Å². The van der Waals surface area contributed by atoms with E-state index < -0.39 is 5.91 Å².